The second-order valence-electron chi connectivity index (χ2n) is 6.05. The standard InChI is InChI=1S/C19H18FN3O2/c20-15-10-17(21-11-15)19-22-18(23-25-19)14-8-6-13(7-9-14)12-24-16-4-2-1-3-5-16/h1-9,15,17,21H,10-12H2/t15-,17+/m0/s1. The highest BCUT2D eigenvalue weighted by Crippen LogP contribution is 2.26. The molecule has 1 N–H and O–H groups in total. The van der Waals surface area contributed by atoms with Crippen molar-refractivity contribution in [3.05, 3.63) is 66.1 Å². The number of aromatic nitrogens is 2. The first-order valence-electron chi connectivity index (χ1n) is 8.26. The second-order valence-corrected chi connectivity index (χ2v) is 6.05. The lowest BCUT2D eigenvalue weighted by atomic mass is 10.1. The van der Waals surface area contributed by atoms with Gasteiger partial charge in [0.25, 0.3) is 0 Å². The average molecular weight is 339 g/mol. The topological polar surface area (TPSA) is 60.2 Å². The molecule has 1 fully saturated rings. The highest BCUT2D eigenvalue weighted by molar-refractivity contribution is 5.54. The van der Waals surface area contributed by atoms with E-state index in [1.807, 2.05) is 54.6 Å². The van der Waals surface area contributed by atoms with E-state index in [2.05, 4.69) is 15.5 Å². The van der Waals surface area contributed by atoms with Gasteiger partial charge in [-0.2, -0.15) is 4.98 Å². The van der Waals surface area contributed by atoms with Crippen LogP contribution in [-0.2, 0) is 6.61 Å². The van der Waals surface area contributed by atoms with Crippen LogP contribution >= 0.6 is 0 Å². The number of rotatable bonds is 5. The zero-order chi connectivity index (χ0) is 17.1. The second kappa shape index (κ2) is 7.03. The summed E-state index contributed by atoms with van der Waals surface area (Å²) in [5, 5.41) is 7.04. The Morgan fingerprint density at radius 2 is 1.92 bits per heavy atom. The van der Waals surface area contributed by atoms with Crippen LogP contribution in [0.1, 0.15) is 23.9 Å². The molecular weight excluding hydrogens is 321 g/mol. The van der Waals surface area contributed by atoms with Crippen molar-refractivity contribution in [1.29, 1.82) is 0 Å². The summed E-state index contributed by atoms with van der Waals surface area (Å²) in [6, 6.07) is 17.3. The Kier molecular flexibility index (Phi) is 4.43. The Labute approximate surface area is 144 Å². The SMILES string of the molecule is F[C@@H]1CN[C@@H](c2nc(-c3ccc(COc4ccccc4)cc3)no2)C1. The molecule has 3 aromatic rings. The monoisotopic (exact) mass is 339 g/mol. The summed E-state index contributed by atoms with van der Waals surface area (Å²) in [7, 11) is 0. The van der Waals surface area contributed by atoms with Gasteiger partial charge in [0.2, 0.25) is 11.7 Å². The summed E-state index contributed by atoms with van der Waals surface area (Å²) in [5.74, 6) is 1.78. The van der Waals surface area contributed by atoms with Crippen LogP contribution in [0.3, 0.4) is 0 Å². The van der Waals surface area contributed by atoms with Gasteiger partial charge in [-0.15, -0.1) is 0 Å². The molecule has 0 aliphatic carbocycles. The molecule has 0 unspecified atom stereocenters. The number of alkyl halides is 1. The number of halogens is 1. The molecule has 2 heterocycles. The van der Waals surface area contributed by atoms with Gasteiger partial charge in [-0.25, -0.2) is 4.39 Å². The van der Waals surface area contributed by atoms with Crippen molar-refractivity contribution in [3.8, 4) is 17.1 Å². The van der Waals surface area contributed by atoms with Crippen LogP contribution in [0.2, 0.25) is 0 Å². The van der Waals surface area contributed by atoms with Crippen LogP contribution in [-0.4, -0.2) is 22.9 Å². The van der Waals surface area contributed by atoms with Crippen molar-refractivity contribution >= 4 is 0 Å². The van der Waals surface area contributed by atoms with Gasteiger partial charge in [-0.1, -0.05) is 47.6 Å². The quantitative estimate of drug-likeness (QED) is 0.768. The smallest absolute Gasteiger partial charge is 0.244 e. The van der Waals surface area contributed by atoms with Crippen LogP contribution < -0.4 is 10.1 Å². The molecule has 2 atom stereocenters. The average Bonchev–Trinajstić information content (AvgIpc) is 3.30. The van der Waals surface area contributed by atoms with Crippen LogP contribution in [0, 0.1) is 0 Å². The van der Waals surface area contributed by atoms with E-state index in [9.17, 15) is 4.39 Å². The maximum atomic E-state index is 13.3. The number of hydrogen-bond acceptors (Lipinski definition) is 5. The molecule has 1 saturated heterocycles. The number of benzene rings is 2. The van der Waals surface area contributed by atoms with E-state index in [-0.39, 0.29) is 6.04 Å². The molecule has 0 spiro atoms. The number of para-hydroxylation sites is 1. The Morgan fingerprint density at radius 3 is 2.64 bits per heavy atom. The third kappa shape index (κ3) is 3.69. The van der Waals surface area contributed by atoms with Gasteiger partial charge in [0.1, 0.15) is 18.5 Å². The van der Waals surface area contributed by atoms with Crippen LogP contribution in [0.15, 0.2) is 59.1 Å². The highest BCUT2D eigenvalue weighted by atomic mass is 19.1. The molecular formula is C19H18FN3O2. The molecule has 5 nitrogen and oxygen atoms in total. The maximum absolute atomic E-state index is 13.3. The van der Waals surface area contributed by atoms with Gasteiger partial charge >= 0.3 is 0 Å². The summed E-state index contributed by atoms with van der Waals surface area (Å²) >= 11 is 0. The Hall–Kier alpha value is -2.73. The molecule has 128 valence electrons. The molecule has 4 rings (SSSR count). The summed E-state index contributed by atoms with van der Waals surface area (Å²) in [6.45, 7) is 0.824. The van der Waals surface area contributed by atoms with Gasteiger partial charge in [0, 0.05) is 18.5 Å². The molecule has 1 aliphatic rings. The Balaban J connectivity index is 1.41. The minimum absolute atomic E-state index is 0.199. The van der Waals surface area contributed by atoms with Crippen molar-refractivity contribution in [1.82, 2.24) is 15.5 Å². The van der Waals surface area contributed by atoms with E-state index in [0.29, 0.717) is 31.3 Å². The van der Waals surface area contributed by atoms with E-state index in [1.54, 1.807) is 0 Å². The van der Waals surface area contributed by atoms with Gasteiger partial charge < -0.3 is 14.6 Å². The van der Waals surface area contributed by atoms with Crippen molar-refractivity contribution in [3.63, 3.8) is 0 Å². The number of ether oxygens (including phenoxy) is 1. The Bertz CT molecular complexity index is 820. The third-order valence-corrected chi connectivity index (χ3v) is 4.18. The minimum atomic E-state index is -0.857. The molecule has 1 aromatic heterocycles. The van der Waals surface area contributed by atoms with Gasteiger partial charge in [0.05, 0.1) is 6.04 Å². The fraction of sp³-hybridized carbons (Fsp3) is 0.263. The molecule has 0 bridgehead atoms. The van der Waals surface area contributed by atoms with Crippen LogP contribution in [0.25, 0.3) is 11.4 Å². The first-order chi connectivity index (χ1) is 12.3. The van der Waals surface area contributed by atoms with Crippen LogP contribution in [0.4, 0.5) is 4.39 Å². The van der Waals surface area contributed by atoms with E-state index in [4.69, 9.17) is 9.26 Å². The first kappa shape index (κ1) is 15.8. The third-order valence-electron chi connectivity index (χ3n) is 4.18. The number of hydrogen-bond donors (Lipinski definition) is 1. The van der Waals surface area contributed by atoms with E-state index >= 15 is 0 Å². The van der Waals surface area contributed by atoms with Gasteiger partial charge in [-0.05, 0) is 17.7 Å². The highest BCUT2D eigenvalue weighted by Gasteiger charge is 2.29. The van der Waals surface area contributed by atoms with E-state index < -0.39 is 6.17 Å². The maximum Gasteiger partial charge on any atom is 0.244 e. The number of nitrogens with zero attached hydrogens (tertiary/aromatic N) is 2. The zero-order valence-electron chi connectivity index (χ0n) is 13.6. The predicted octanol–water partition coefficient (Wildman–Crippen LogP) is 3.69. The molecule has 25 heavy (non-hydrogen) atoms. The lowest BCUT2D eigenvalue weighted by Gasteiger charge is -2.06. The van der Waals surface area contributed by atoms with Gasteiger partial charge in [-0.3, -0.25) is 0 Å². The van der Waals surface area contributed by atoms with Gasteiger partial charge in [0.15, 0.2) is 0 Å². The van der Waals surface area contributed by atoms with Crippen molar-refractivity contribution < 1.29 is 13.7 Å². The first-order valence-corrected chi connectivity index (χ1v) is 8.26. The van der Waals surface area contributed by atoms with Crippen molar-refractivity contribution in [2.24, 2.45) is 0 Å². The summed E-state index contributed by atoms with van der Waals surface area (Å²) in [6.07, 6.45) is -0.485. The lowest BCUT2D eigenvalue weighted by molar-refractivity contribution is 0.306. The predicted molar refractivity (Wildman–Crippen MR) is 90.8 cm³/mol. The summed E-state index contributed by atoms with van der Waals surface area (Å²) in [5.41, 5.74) is 1.90. The largest absolute Gasteiger partial charge is 0.489 e. The molecule has 6 heteroatoms. The summed E-state index contributed by atoms with van der Waals surface area (Å²) < 4.78 is 24.3. The molecule has 1 aliphatic heterocycles. The van der Waals surface area contributed by atoms with E-state index in [0.717, 1.165) is 16.9 Å². The molecule has 0 radical (unpaired) electrons. The fourth-order valence-electron chi connectivity index (χ4n) is 2.81. The number of nitrogens with one attached hydrogen (secondary N) is 1. The van der Waals surface area contributed by atoms with E-state index in [1.165, 1.54) is 0 Å². The summed E-state index contributed by atoms with van der Waals surface area (Å²) in [4.78, 5) is 4.38. The molecule has 0 amide bonds. The van der Waals surface area contributed by atoms with Crippen LogP contribution in [0.5, 0.6) is 5.75 Å². The minimum Gasteiger partial charge on any atom is -0.489 e. The lowest BCUT2D eigenvalue weighted by Crippen LogP contribution is -2.14. The molecule has 0 saturated carbocycles. The zero-order valence-corrected chi connectivity index (χ0v) is 13.6. The fourth-order valence-corrected chi connectivity index (χ4v) is 2.81. The molecule has 2 aromatic carbocycles. The van der Waals surface area contributed by atoms with Crippen molar-refractivity contribution in [2.75, 3.05) is 6.54 Å². The normalized spacial score (nSPS) is 19.9. The Morgan fingerprint density at radius 1 is 1.12 bits per heavy atom. The van der Waals surface area contributed by atoms with Crippen molar-refractivity contribution in [2.45, 2.75) is 25.2 Å².